The summed E-state index contributed by atoms with van der Waals surface area (Å²) in [6.07, 6.45) is 0. The van der Waals surface area contributed by atoms with Crippen molar-refractivity contribution in [2.24, 2.45) is 0 Å². The Morgan fingerprint density at radius 1 is 1.33 bits per heavy atom. The summed E-state index contributed by atoms with van der Waals surface area (Å²) >= 11 is 0. The van der Waals surface area contributed by atoms with Crippen LogP contribution in [-0.4, -0.2) is 25.8 Å². The second-order valence-electron chi connectivity index (χ2n) is 4.48. The van der Waals surface area contributed by atoms with Gasteiger partial charge in [-0.25, -0.2) is 9.18 Å². The number of hydrogen-bond donors (Lipinski definition) is 0. The molecule has 0 spiro atoms. The zero-order valence-corrected chi connectivity index (χ0v) is 10.7. The van der Waals surface area contributed by atoms with Gasteiger partial charge in [0.15, 0.2) is 5.60 Å². The lowest BCUT2D eigenvalue weighted by Gasteiger charge is -2.15. The Bertz CT molecular complexity index is 502. The van der Waals surface area contributed by atoms with Crippen LogP contribution in [0.25, 0.3) is 0 Å². The average molecular weight is 254 g/mol. The fourth-order valence-electron chi connectivity index (χ4n) is 2.24. The van der Waals surface area contributed by atoms with Gasteiger partial charge in [0.1, 0.15) is 17.2 Å². The van der Waals surface area contributed by atoms with E-state index in [0.717, 1.165) is 0 Å². The summed E-state index contributed by atoms with van der Waals surface area (Å²) in [4.78, 5) is 11.7. The number of carbonyl (C=O) groups is 1. The van der Waals surface area contributed by atoms with Crippen molar-refractivity contribution in [1.29, 1.82) is 0 Å². The molecule has 1 aromatic carbocycles. The maximum atomic E-state index is 14.0. The molecule has 5 heteroatoms. The third-order valence-corrected chi connectivity index (χ3v) is 3.52. The van der Waals surface area contributed by atoms with E-state index >= 15 is 0 Å². The van der Waals surface area contributed by atoms with Crippen LogP contribution in [0.1, 0.15) is 19.4 Å². The molecule has 1 aliphatic rings. The summed E-state index contributed by atoms with van der Waals surface area (Å²) in [7, 11) is 2.72. The zero-order chi connectivity index (χ0) is 13.6. The van der Waals surface area contributed by atoms with Gasteiger partial charge in [-0.1, -0.05) is 6.07 Å². The SMILES string of the molecule is COC(=O)C1(C)OC1(C)c1c(F)cccc1OC. The van der Waals surface area contributed by atoms with Crippen molar-refractivity contribution in [3.05, 3.63) is 29.6 Å². The molecule has 0 amide bonds. The summed E-state index contributed by atoms with van der Waals surface area (Å²) in [6, 6.07) is 4.48. The first kappa shape index (κ1) is 12.8. The van der Waals surface area contributed by atoms with E-state index in [1.54, 1.807) is 26.0 Å². The number of ether oxygens (including phenoxy) is 3. The van der Waals surface area contributed by atoms with Crippen LogP contribution in [0.15, 0.2) is 18.2 Å². The highest BCUT2D eigenvalue weighted by Crippen LogP contribution is 2.58. The molecule has 2 atom stereocenters. The molecule has 2 rings (SSSR count). The van der Waals surface area contributed by atoms with Crippen molar-refractivity contribution < 1.29 is 23.4 Å². The highest BCUT2D eigenvalue weighted by molar-refractivity contribution is 5.85. The second kappa shape index (κ2) is 3.95. The van der Waals surface area contributed by atoms with E-state index in [1.807, 2.05) is 0 Å². The molecular weight excluding hydrogens is 239 g/mol. The predicted molar refractivity (Wildman–Crippen MR) is 61.8 cm³/mol. The third-order valence-electron chi connectivity index (χ3n) is 3.52. The quantitative estimate of drug-likeness (QED) is 0.611. The number of benzene rings is 1. The Kier molecular flexibility index (Phi) is 2.81. The van der Waals surface area contributed by atoms with Crippen LogP contribution in [0.2, 0.25) is 0 Å². The van der Waals surface area contributed by atoms with Crippen molar-refractivity contribution in [2.75, 3.05) is 14.2 Å². The topological polar surface area (TPSA) is 48.1 Å². The number of rotatable bonds is 3. The number of hydrogen-bond acceptors (Lipinski definition) is 4. The molecule has 0 N–H and O–H groups in total. The van der Waals surface area contributed by atoms with Gasteiger partial charge in [-0.3, -0.25) is 0 Å². The van der Waals surface area contributed by atoms with E-state index in [2.05, 4.69) is 4.74 Å². The van der Waals surface area contributed by atoms with Gasteiger partial charge < -0.3 is 14.2 Å². The van der Waals surface area contributed by atoms with Gasteiger partial charge in [0.05, 0.1) is 19.8 Å². The van der Waals surface area contributed by atoms with Crippen LogP contribution in [-0.2, 0) is 19.9 Å². The van der Waals surface area contributed by atoms with Crippen molar-refractivity contribution in [3.8, 4) is 5.75 Å². The Balaban J connectivity index is 2.49. The minimum atomic E-state index is -1.18. The Morgan fingerprint density at radius 3 is 2.56 bits per heavy atom. The fraction of sp³-hybridized carbons (Fsp3) is 0.462. The maximum Gasteiger partial charge on any atom is 0.341 e. The molecule has 1 aliphatic heterocycles. The molecule has 1 saturated heterocycles. The summed E-state index contributed by atoms with van der Waals surface area (Å²) in [6.45, 7) is 3.22. The van der Waals surface area contributed by atoms with E-state index in [-0.39, 0.29) is 5.56 Å². The van der Waals surface area contributed by atoms with Gasteiger partial charge in [-0.2, -0.15) is 0 Å². The van der Waals surface area contributed by atoms with Crippen molar-refractivity contribution in [2.45, 2.75) is 25.0 Å². The molecule has 0 aliphatic carbocycles. The molecule has 1 heterocycles. The minimum Gasteiger partial charge on any atom is -0.496 e. The van der Waals surface area contributed by atoms with E-state index in [1.165, 1.54) is 20.3 Å². The Hall–Kier alpha value is -1.62. The lowest BCUT2D eigenvalue weighted by atomic mass is 9.88. The van der Waals surface area contributed by atoms with Crippen molar-refractivity contribution >= 4 is 5.97 Å². The molecule has 4 nitrogen and oxygen atoms in total. The summed E-state index contributed by atoms with van der Waals surface area (Å²) in [5, 5.41) is 0. The highest BCUT2D eigenvalue weighted by Gasteiger charge is 2.72. The Labute approximate surface area is 105 Å². The van der Waals surface area contributed by atoms with Gasteiger partial charge in [-0.15, -0.1) is 0 Å². The number of methoxy groups -OCH3 is 2. The van der Waals surface area contributed by atoms with Gasteiger partial charge in [-0.05, 0) is 26.0 Å². The second-order valence-corrected chi connectivity index (χ2v) is 4.48. The Morgan fingerprint density at radius 2 is 2.00 bits per heavy atom. The molecule has 1 aromatic rings. The van der Waals surface area contributed by atoms with Gasteiger partial charge >= 0.3 is 5.97 Å². The van der Waals surface area contributed by atoms with E-state index in [4.69, 9.17) is 9.47 Å². The normalized spacial score (nSPS) is 29.8. The molecule has 2 unspecified atom stereocenters. The first-order valence-electron chi connectivity index (χ1n) is 5.52. The van der Waals surface area contributed by atoms with Crippen LogP contribution in [0.5, 0.6) is 5.75 Å². The first-order valence-corrected chi connectivity index (χ1v) is 5.52. The fourth-order valence-corrected chi connectivity index (χ4v) is 2.24. The van der Waals surface area contributed by atoms with Crippen LogP contribution in [0.3, 0.4) is 0 Å². The van der Waals surface area contributed by atoms with E-state index < -0.39 is 23.0 Å². The molecule has 0 bridgehead atoms. The zero-order valence-electron chi connectivity index (χ0n) is 10.7. The molecule has 18 heavy (non-hydrogen) atoms. The summed E-state index contributed by atoms with van der Waals surface area (Å²) in [5.74, 6) is -0.648. The highest BCUT2D eigenvalue weighted by atomic mass is 19.1. The van der Waals surface area contributed by atoms with Gasteiger partial charge in [0.25, 0.3) is 0 Å². The third kappa shape index (κ3) is 1.50. The predicted octanol–water partition coefficient (Wildman–Crippen LogP) is 2.01. The number of carbonyl (C=O) groups excluding carboxylic acids is 1. The number of epoxide rings is 1. The maximum absolute atomic E-state index is 14.0. The molecule has 0 saturated carbocycles. The van der Waals surface area contributed by atoms with Crippen LogP contribution in [0, 0.1) is 5.82 Å². The lowest BCUT2D eigenvalue weighted by Crippen LogP contribution is -2.30. The number of halogens is 1. The van der Waals surface area contributed by atoms with Gasteiger partial charge in [0, 0.05) is 0 Å². The van der Waals surface area contributed by atoms with Crippen LogP contribution in [0.4, 0.5) is 4.39 Å². The largest absolute Gasteiger partial charge is 0.496 e. The monoisotopic (exact) mass is 254 g/mol. The molecule has 1 fully saturated rings. The van der Waals surface area contributed by atoms with E-state index in [9.17, 15) is 9.18 Å². The lowest BCUT2D eigenvalue weighted by molar-refractivity contribution is -0.146. The number of esters is 1. The minimum absolute atomic E-state index is 0.236. The van der Waals surface area contributed by atoms with Gasteiger partial charge in [0.2, 0.25) is 0 Å². The molecule has 98 valence electrons. The first-order chi connectivity index (χ1) is 8.40. The van der Waals surface area contributed by atoms with Crippen LogP contribution >= 0.6 is 0 Å². The average Bonchev–Trinajstić information content (AvgIpc) is 2.92. The summed E-state index contributed by atoms with van der Waals surface area (Å²) < 4.78 is 29.2. The van der Waals surface area contributed by atoms with Crippen molar-refractivity contribution in [3.63, 3.8) is 0 Å². The summed E-state index contributed by atoms with van der Waals surface area (Å²) in [5.41, 5.74) is -2.02. The molecule has 0 aromatic heterocycles. The smallest absolute Gasteiger partial charge is 0.341 e. The van der Waals surface area contributed by atoms with Crippen molar-refractivity contribution in [1.82, 2.24) is 0 Å². The van der Waals surface area contributed by atoms with Crippen LogP contribution < -0.4 is 4.74 Å². The van der Waals surface area contributed by atoms with E-state index in [0.29, 0.717) is 5.75 Å². The molecular formula is C13H15FO4. The molecule has 0 radical (unpaired) electrons. The standard InChI is InChI=1S/C13H15FO4/c1-12(13(2,18-12)11(15)17-4)10-8(14)6-5-7-9(10)16-3/h5-7H,1-4H3.